The summed E-state index contributed by atoms with van der Waals surface area (Å²) >= 11 is 0. The van der Waals surface area contributed by atoms with Crippen LogP contribution in [0.2, 0.25) is 0 Å². The van der Waals surface area contributed by atoms with Gasteiger partial charge in [0.2, 0.25) is 0 Å². The van der Waals surface area contributed by atoms with Crippen molar-refractivity contribution < 1.29 is 22.3 Å². The molecular weight excluding hydrogens is 446 g/mol. The number of hydrogen-bond acceptors (Lipinski definition) is 3. The molecule has 0 bridgehead atoms. The molecule has 0 spiro atoms. The predicted molar refractivity (Wildman–Crippen MR) is 122 cm³/mol. The van der Waals surface area contributed by atoms with Crippen molar-refractivity contribution >= 4 is 5.69 Å². The maximum absolute atomic E-state index is 13.4. The maximum Gasteiger partial charge on any atom is 0.434 e. The second kappa shape index (κ2) is 10.4. The molecule has 4 nitrogen and oxygen atoms in total. The molecule has 0 aliphatic rings. The number of aromatic nitrogens is 2. The van der Waals surface area contributed by atoms with Crippen LogP contribution in [0, 0.1) is 5.82 Å². The van der Waals surface area contributed by atoms with E-state index >= 15 is 0 Å². The number of aromatic amines is 1. The lowest BCUT2D eigenvalue weighted by atomic mass is 10.1. The number of benzene rings is 3. The van der Waals surface area contributed by atoms with Crippen LogP contribution < -0.4 is 9.64 Å². The van der Waals surface area contributed by atoms with E-state index in [9.17, 15) is 17.6 Å². The Kier molecular flexibility index (Phi) is 7.15. The molecule has 0 unspecified atom stereocenters. The van der Waals surface area contributed by atoms with Crippen LogP contribution in [0.3, 0.4) is 0 Å². The highest BCUT2D eigenvalue weighted by Crippen LogP contribution is 2.28. The van der Waals surface area contributed by atoms with Gasteiger partial charge >= 0.3 is 6.18 Å². The van der Waals surface area contributed by atoms with Crippen LogP contribution in [0.5, 0.6) is 5.75 Å². The quantitative estimate of drug-likeness (QED) is 0.289. The zero-order valence-corrected chi connectivity index (χ0v) is 18.2. The van der Waals surface area contributed by atoms with Gasteiger partial charge in [-0.15, -0.1) is 0 Å². The molecule has 0 saturated carbocycles. The molecular formula is C26H23F4N3O. The summed E-state index contributed by atoms with van der Waals surface area (Å²) in [6, 6.07) is 23.4. The summed E-state index contributed by atoms with van der Waals surface area (Å²) in [5.41, 5.74) is 1.84. The summed E-state index contributed by atoms with van der Waals surface area (Å²) in [6.07, 6.45) is -3.03. The van der Waals surface area contributed by atoms with E-state index in [4.69, 9.17) is 4.74 Å². The average Bonchev–Trinajstić information content (AvgIpc) is 3.32. The van der Waals surface area contributed by atoms with E-state index in [-0.39, 0.29) is 18.2 Å². The van der Waals surface area contributed by atoms with E-state index in [1.165, 1.54) is 12.1 Å². The zero-order valence-electron chi connectivity index (χ0n) is 18.2. The van der Waals surface area contributed by atoms with Crippen LogP contribution in [0.25, 0.3) is 0 Å². The summed E-state index contributed by atoms with van der Waals surface area (Å²) in [7, 11) is 0. The minimum atomic E-state index is -4.51. The van der Waals surface area contributed by atoms with E-state index in [0.29, 0.717) is 25.3 Å². The van der Waals surface area contributed by atoms with Crippen LogP contribution in [0.1, 0.15) is 22.6 Å². The van der Waals surface area contributed by atoms with Gasteiger partial charge in [-0.1, -0.05) is 42.5 Å². The van der Waals surface area contributed by atoms with Gasteiger partial charge in [-0.05, 0) is 53.9 Å². The van der Waals surface area contributed by atoms with Gasteiger partial charge in [-0.2, -0.15) is 13.2 Å². The minimum absolute atomic E-state index is 0.125. The summed E-state index contributed by atoms with van der Waals surface area (Å²) in [5, 5.41) is 0. The van der Waals surface area contributed by atoms with E-state index < -0.39 is 11.9 Å². The Bertz CT molecular complexity index is 1170. The number of halogens is 4. The molecule has 0 saturated heterocycles. The number of nitrogens with zero attached hydrogens (tertiary/aromatic N) is 2. The van der Waals surface area contributed by atoms with Crippen molar-refractivity contribution in [3.63, 3.8) is 0 Å². The predicted octanol–water partition coefficient (Wildman–Crippen LogP) is 6.40. The van der Waals surface area contributed by atoms with E-state index in [1.54, 1.807) is 12.1 Å². The van der Waals surface area contributed by atoms with Crippen molar-refractivity contribution in [2.24, 2.45) is 0 Å². The van der Waals surface area contributed by atoms with Crippen LogP contribution in [-0.2, 0) is 25.7 Å². The largest absolute Gasteiger partial charge is 0.489 e. The molecule has 0 amide bonds. The Balaban J connectivity index is 1.41. The van der Waals surface area contributed by atoms with Gasteiger partial charge < -0.3 is 14.6 Å². The first-order valence-corrected chi connectivity index (χ1v) is 10.7. The lowest BCUT2D eigenvalue weighted by Crippen LogP contribution is -2.26. The number of nitrogens with one attached hydrogen (secondary N) is 1. The molecule has 0 aliphatic carbocycles. The monoisotopic (exact) mass is 469 g/mol. The topological polar surface area (TPSA) is 41.1 Å². The van der Waals surface area contributed by atoms with Gasteiger partial charge in [-0.25, -0.2) is 9.37 Å². The third-order valence-corrected chi connectivity index (χ3v) is 5.30. The summed E-state index contributed by atoms with van der Waals surface area (Å²) in [6.45, 7) is 1.10. The van der Waals surface area contributed by atoms with Gasteiger partial charge in [0.05, 0.1) is 6.54 Å². The Morgan fingerprint density at radius 3 is 2.21 bits per heavy atom. The van der Waals surface area contributed by atoms with Crippen LogP contribution in [0.15, 0.2) is 85.1 Å². The van der Waals surface area contributed by atoms with Crippen molar-refractivity contribution in [1.29, 1.82) is 0 Å². The van der Waals surface area contributed by atoms with Gasteiger partial charge in [0.15, 0.2) is 5.69 Å². The number of anilines is 1. The molecule has 0 aliphatic heterocycles. The highest BCUT2D eigenvalue weighted by Gasteiger charge is 2.33. The number of ether oxygens (including phenoxy) is 1. The third kappa shape index (κ3) is 6.37. The van der Waals surface area contributed by atoms with Gasteiger partial charge in [-0.3, -0.25) is 0 Å². The molecule has 1 heterocycles. The first kappa shape index (κ1) is 23.4. The molecule has 3 aromatic carbocycles. The smallest absolute Gasteiger partial charge is 0.434 e. The lowest BCUT2D eigenvalue weighted by molar-refractivity contribution is -0.140. The fraction of sp³-hybridized carbons (Fsp3) is 0.192. The average molecular weight is 469 g/mol. The van der Waals surface area contributed by atoms with Gasteiger partial charge in [0.1, 0.15) is 24.0 Å². The summed E-state index contributed by atoms with van der Waals surface area (Å²) in [4.78, 5) is 8.12. The van der Waals surface area contributed by atoms with Crippen molar-refractivity contribution in [1.82, 2.24) is 9.97 Å². The van der Waals surface area contributed by atoms with Crippen LogP contribution in [0.4, 0.5) is 23.2 Å². The van der Waals surface area contributed by atoms with E-state index in [0.717, 1.165) is 23.1 Å². The molecule has 4 aromatic rings. The van der Waals surface area contributed by atoms with Crippen LogP contribution >= 0.6 is 0 Å². The normalized spacial score (nSPS) is 11.4. The van der Waals surface area contributed by atoms with Gasteiger partial charge in [0.25, 0.3) is 0 Å². The number of imidazole rings is 1. The highest BCUT2D eigenvalue weighted by atomic mass is 19.4. The van der Waals surface area contributed by atoms with Crippen molar-refractivity contribution in [2.45, 2.75) is 25.7 Å². The molecule has 8 heteroatoms. The third-order valence-electron chi connectivity index (χ3n) is 5.30. The molecule has 0 fully saturated rings. The SMILES string of the molecule is Fc1ccc(N(CCc2ccc(OCc3ccccc3)cc2)Cc2nc(C(F)(F)F)c[nH]2)cc1. The number of alkyl halides is 3. The second-order valence-corrected chi connectivity index (χ2v) is 7.80. The number of hydrogen-bond donors (Lipinski definition) is 1. The fourth-order valence-corrected chi connectivity index (χ4v) is 3.48. The number of rotatable bonds is 9. The fourth-order valence-electron chi connectivity index (χ4n) is 3.48. The van der Waals surface area contributed by atoms with Gasteiger partial charge in [0, 0.05) is 18.4 Å². The van der Waals surface area contributed by atoms with E-state index in [2.05, 4.69) is 9.97 Å². The Labute approximate surface area is 194 Å². The van der Waals surface area contributed by atoms with Crippen molar-refractivity contribution in [3.8, 4) is 5.75 Å². The zero-order chi connectivity index (χ0) is 24.0. The molecule has 34 heavy (non-hydrogen) atoms. The van der Waals surface area contributed by atoms with Crippen molar-refractivity contribution in [2.75, 3.05) is 11.4 Å². The molecule has 4 rings (SSSR count). The highest BCUT2D eigenvalue weighted by molar-refractivity contribution is 5.46. The molecule has 176 valence electrons. The summed E-state index contributed by atoms with van der Waals surface area (Å²) < 4.78 is 57.9. The first-order valence-electron chi connectivity index (χ1n) is 10.7. The molecule has 0 radical (unpaired) electrons. The molecule has 1 N–H and O–H groups in total. The Morgan fingerprint density at radius 2 is 1.56 bits per heavy atom. The number of H-pyrrole nitrogens is 1. The summed E-state index contributed by atoms with van der Waals surface area (Å²) in [5.74, 6) is 0.548. The van der Waals surface area contributed by atoms with E-state index in [1.807, 2.05) is 59.5 Å². The lowest BCUT2D eigenvalue weighted by Gasteiger charge is -2.24. The molecule has 1 aromatic heterocycles. The molecule has 0 atom stereocenters. The van der Waals surface area contributed by atoms with Crippen LogP contribution in [-0.4, -0.2) is 16.5 Å². The first-order chi connectivity index (χ1) is 16.4. The Hall–Kier alpha value is -3.81. The minimum Gasteiger partial charge on any atom is -0.489 e. The second-order valence-electron chi connectivity index (χ2n) is 7.80. The maximum atomic E-state index is 13.4. The van der Waals surface area contributed by atoms with Crippen molar-refractivity contribution in [3.05, 3.63) is 114 Å². The Morgan fingerprint density at radius 1 is 0.853 bits per heavy atom. The standard InChI is InChI=1S/C26H23F4N3O/c27-21-8-10-22(11-9-21)33(17-25-31-16-24(32-25)26(28,29)30)15-14-19-6-12-23(13-7-19)34-18-20-4-2-1-3-5-20/h1-13,16H,14-15,17-18H2,(H,31,32).